The minimum atomic E-state index is -0.0543. The van der Waals surface area contributed by atoms with E-state index in [1.54, 1.807) is 24.7 Å². The van der Waals surface area contributed by atoms with Gasteiger partial charge in [0, 0.05) is 25.0 Å². The van der Waals surface area contributed by atoms with Gasteiger partial charge < -0.3 is 14.1 Å². The highest BCUT2D eigenvalue weighted by molar-refractivity contribution is 5.78. The predicted octanol–water partition coefficient (Wildman–Crippen LogP) is 2.08. The highest BCUT2D eigenvalue weighted by atomic mass is 16.5. The lowest BCUT2D eigenvalue weighted by Crippen LogP contribution is -2.43. The summed E-state index contributed by atoms with van der Waals surface area (Å²) in [6.45, 7) is 1.48. The molecule has 3 aromatic rings. The lowest BCUT2D eigenvalue weighted by atomic mass is 10.1. The summed E-state index contributed by atoms with van der Waals surface area (Å²) in [4.78, 5) is 18.6. The molecule has 0 radical (unpaired) electrons. The van der Waals surface area contributed by atoms with Crippen LogP contribution in [0.25, 0.3) is 0 Å². The van der Waals surface area contributed by atoms with Crippen molar-refractivity contribution in [1.82, 2.24) is 19.7 Å². The first-order valence-electron chi connectivity index (χ1n) is 8.16. The zero-order chi connectivity index (χ0) is 17.1. The van der Waals surface area contributed by atoms with Crippen LogP contribution >= 0.6 is 0 Å². The summed E-state index contributed by atoms with van der Waals surface area (Å²) in [7, 11) is 0. The Morgan fingerprint density at radius 2 is 2.20 bits per heavy atom. The molecule has 3 aromatic heterocycles. The van der Waals surface area contributed by atoms with E-state index in [9.17, 15) is 4.79 Å². The first-order chi connectivity index (χ1) is 12.3. The van der Waals surface area contributed by atoms with Crippen molar-refractivity contribution in [1.29, 1.82) is 0 Å². The van der Waals surface area contributed by atoms with E-state index < -0.39 is 0 Å². The van der Waals surface area contributed by atoms with Crippen molar-refractivity contribution in [2.75, 3.05) is 13.2 Å². The van der Waals surface area contributed by atoms with Gasteiger partial charge in [0.25, 0.3) is 0 Å². The summed E-state index contributed by atoms with van der Waals surface area (Å²) in [5.41, 5.74) is 0.994. The van der Waals surface area contributed by atoms with Gasteiger partial charge in [-0.25, -0.2) is 4.98 Å². The van der Waals surface area contributed by atoms with Crippen LogP contribution < -0.4 is 4.74 Å². The molecule has 1 unspecified atom stereocenters. The van der Waals surface area contributed by atoms with Gasteiger partial charge in [-0.05, 0) is 24.3 Å². The number of hydrogen-bond donors (Lipinski definition) is 0. The van der Waals surface area contributed by atoms with Crippen molar-refractivity contribution in [2.24, 2.45) is 0 Å². The molecule has 1 aliphatic heterocycles. The first kappa shape index (κ1) is 15.4. The molecule has 4 heterocycles. The van der Waals surface area contributed by atoms with Gasteiger partial charge in [-0.1, -0.05) is 6.07 Å². The van der Waals surface area contributed by atoms with Gasteiger partial charge in [-0.15, -0.1) is 0 Å². The Labute approximate surface area is 144 Å². The molecule has 1 amide bonds. The molecule has 4 rings (SSSR count). The number of hydrogen-bond acceptors (Lipinski definition) is 5. The van der Waals surface area contributed by atoms with E-state index in [0.29, 0.717) is 31.3 Å². The van der Waals surface area contributed by atoms with Crippen molar-refractivity contribution in [2.45, 2.75) is 19.0 Å². The van der Waals surface area contributed by atoms with Gasteiger partial charge in [-0.2, -0.15) is 5.10 Å². The normalized spacial score (nSPS) is 16.5. The zero-order valence-corrected chi connectivity index (χ0v) is 13.6. The summed E-state index contributed by atoms with van der Waals surface area (Å²) in [6.07, 6.45) is 5.28. The predicted molar refractivity (Wildman–Crippen MR) is 88.8 cm³/mol. The van der Waals surface area contributed by atoms with Crippen LogP contribution in [-0.2, 0) is 17.8 Å². The zero-order valence-electron chi connectivity index (χ0n) is 13.6. The van der Waals surface area contributed by atoms with Gasteiger partial charge in [0.2, 0.25) is 11.8 Å². The topological polar surface area (TPSA) is 73.4 Å². The third kappa shape index (κ3) is 3.40. The maximum atomic E-state index is 12.6. The molecule has 0 aromatic carbocycles. The van der Waals surface area contributed by atoms with Crippen LogP contribution in [0.4, 0.5) is 0 Å². The van der Waals surface area contributed by atoms with Gasteiger partial charge >= 0.3 is 0 Å². The number of ether oxygens (including phenoxy) is 1. The van der Waals surface area contributed by atoms with Gasteiger partial charge in [0.15, 0.2) is 0 Å². The van der Waals surface area contributed by atoms with Crippen molar-refractivity contribution >= 4 is 5.91 Å². The van der Waals surface area contributed by atoms with Gasteiger partial charge in [0.1, 0.15) is 18.4 Å². The van der Waals surface area contributed by atoms with E-state index in [1.807, 2.05) is 39.9 Å². The van der Waals surface area contributed by atoms with E-state index in [-0.39, 0.29) is 18.4 Å². The molecule has 0 fully saturated rings. The summed E-state index contributed by atoms with van der Waals surface area (Å²) in [6, 6.07) is 11.0. The fourth-order valence-corrected chi connectivity index (χ4v) is 2.99. The quantitative estimate of drug-likeness (QED) is 0.712. The molecule has 25 heavy (non-hydrogen) atoms. The fraction of sp³-hybridized carbons (Fsp3) is 0.278. The van der Waals surface area contributed by atoms with Gasteiger partial charge in [0.05, 0.1) is 24.9 Å². The Hall–Kier alpha value is -3.09. The Morgan fingerprint density at radius 3 is 3.00 bits per heavy atom. The number of carbonyl (C=O) groups excluding carboxylic acids is 1. The Bertz CT molecular complexity index is 829. The summed E-state index contributed by atoms with van der Waals surface area (Å²) in [5.74, 6) is 1.27. The largest absolute Gasteiger partial charge is 0.475 e. The monoisotopic (exact) mass is 338 g/mol. The van der Waals surface area contributed by atoms with Crippen LogP contribution in [-0.4, -0.2) is 38.7 Å². The molecular formula is C18H18N4O3. The second-order valence-electron chi connectivity index (χ2n) is 5.93. The van der Waals surface area contributed by atoms with E-state index in [0.717, 1.165) is 5.69 Å². The Balaban J connectivity index is 1.46. The SMILES string of the molecule is O=C(Cc1ccco1)N1Cc2ccnn2C(COc2ccccn2)C1. The third-order valence-corrected chi connectivity index (χ3v) is 4.20. The molecule has 0 saturated carbocycles. The maximum Gasteiger partial charge on any atom is 0.230 e. The second kappa shape index (κ2) is 6.80. The molecule has 1 aliphatic rings. The minimum Gasteiger partial charge on any atom is -0.475 e. The molecule has 0 aliphatic carbocycles. The number of aromatic nitrogens is 3. The highest BCUT2D eigenvalue weighted by Crippen LogP contribution is 2.22. The molecular weight excluding hydrogens is 320 g/mol. The fourth-order valence-electron chi connectivity index (χ4n) is 2.99. The molecule has 0 bridgehead atoms. The Kier molecular flexibility index (Phi) is 4.20. The molecule has 7 heteroatoms. The number of carbonyl (C=O) groups is 1. The lowest BCUT2D eigenvalue weighted by Gasteiger charge is -2.33. The average Bonchev–Trinajstić information content (AvgIpc) is 3.31. The van der Waals surface area contributed by atoms with Crippen LogP contribution in [0.15, 0.2) is 59.5 Å². The van der Waals surface area contributed by atoms with Crippen LogP contribution in [0.5, 0.6) is 5.88 Å². The second-order valence-corrected chi connectivity index (χ2v) is 5.93. The molecule has 1 atom stereocenters. The van der Waals surface area contributed by atoms with Crippen LogP contribution in [0.1, 0.15) is 17.5 Å². The number of pyridine rings is 1. The van der Waals surface area contributed by atoms with Crippen molar-refractivity contribution in [3.05, 3.63) is 66.5 Å². The number of nitrogens with zero attached hydrogens (tertiary/aromatic N) is 4. The van der Waals surface area contributed by atoms with E-state index in [1.165, 1.54) is 0 Å². The van der Waals surface area contributed by atoms with Gasteiger partial charge in [-0.3, -0.25) is 9.48 Å². The third-order valence-electron chi connectivity index (χ3n) is 4.20. The molecule has 128 valence electrons. The first-order valence-corrected chi connectivity index (χ1v) is 8.16. The van der Waals surface area contributed by atoms with Crippen molar-refractivity contribution in [3.63, 3.8) is 0 Å². The van der Waals surface area contributed by atoms with Crippen LogP contribution in [0.2, 0.25) is 0 Å². The smallest absolute Gasteiger partial charge is 0.230 e. The molecule has 0 N–H and O–H groups in total. The number of amides is 1. The standard InChI is InChI=1S/C18H18N4O3/c23-18(10-16-4-3-9-24-16)21-11-14-6-8-20-22(14)15(12-21)13-25-17-5-1-2-7-19-17/h1-9,15H,10-13H2. The molecule has 0 saturated heterocycles. The highest BCUT2D eigenvalue weighted by Gasteiger charge is 2.29. The molecule has 0 spiro atoms. The van der Waals surface area contributed by atoms with Crippen LogP contribution in [0, 0.1) is 0 Å². The lowest BCUT2D eigenvalue weighted by molar-refractivity contribution is -0.133. The number of rotatable bonds is 5. The summed E-state index contributed by atoms with van der Waals surface area (Å²) >= 11 is 0. The average molecular weight is 338 g/mol. The van der Waals surface area contributed by atoms with Crippen molar-refractivity contribution in [3.8, 4) is 5.88 Å². The van der Waals surface area contributed by atoms with Crippen LogP contribution in [0.3, 0.4) is 0 Å². The van der Waals surface area contributed by atoms with E-state index in [2.05, 4.69) is 10.1 Å². The van der Waals surface area contributed by atoms with E-state index in [4.69, 9.17) is 9.15 Å². The minimum absolute atomic E-state index is 0.0326. The number of furan rings is 1. The number of fused-ring (bicyclic) bond motifs is 1. The Morgan fingerprint density at radius 1 is 1.24 bits per heavy atom. The van der Waals surface area contributed by atoms with E-state index >= 15 is 0 Å². The molecule has 7 nitrogen and oxygen atoms in total. The summed E-state index contributed by atoms with van der Waals surface area (Å²) < 4.78 is 13.0. The summed E-state index contributed by atoms with van der Waals surface area (Å²) in [5, 5.41) is 4.38. The maximum absolute atomic E-state index is 12.6. The van der Waals surface area contributed by atoms with Crippen molar-refractivity contribution < 1.29 is 13.9 Å².